The Hall–Kier alpha value is -3.12. The largest absolute Gasteiger partial charge is 0.477 e. The fourth-order valence-electron chi connectivity index (χ4n) is 4.01. The van der Waals surface area contributed by atoms with Crippen LogP contribution in [0.15, 0.2) is 12.1 Å². The van der Waals surface area contributed by atoms with Crippen molar-refractivity contribution in [1.82, 2.24) is 9.80 Å². The quantitative estimate of drug-likeness (QED) is 0.305. The standard InChI is InChI=1S/C15H21NO4S.C13H17NO4S.CH4/c1-5-19-13(17)11-8-10-6-7-16(9-12(10)21-11)14(18)20-15(2,3)4;1-13(2,3)18-12(17)14-5-4-8-6-9(11(15)16)19-10(8)7-14;/h8H,5-7,9H2,1-4H3;6H,4-5,7H2,1-3H3,(H,15,16);1H4. The third kappa shape index (κ3) is 9.74. The lowest BCUT2D eigenvalue weighted by Gasteiger charge is -2.29. The van der Waals surface area contributed by atoms with Crippen LogP contribution in [0.1, 0.15) is 96.1 Å². The molecule has 2 aromatic rings. The number of aromatic carboxylic acids is 1. The molecule has 0 bridgehead atoms. The Morgan fingerprint density at radius 1 is 0.805 bits per heavy atom. The van der Waals surface area contributed by atoms with E-state index in [2.05, 4.69) is 0 Å². The Morgan fingerprint density at radius 3 is 1.61 bits per heavy atom. The van der Waals surface area contributed by atoms with E-state index in [1.165, 1.54) is 22.7 Å². The van der Waals surface area contributed by atoms with Gasteiger partial charge in [0.05, 0.1) is 19.7 Å². The molecule has 41 heavy (non-hydrogen) atoms. The first kappa shape index (κ1) is 34.1. The molecule has 0 saturated carbocycles. The van der Waals surface area contributed by atoms with Gasteiger partial charge < -0.3 is 29.1 Å². The van der Waals surface area contributed by atoms with Crippen molar-refractivity contribution in [2.45, 2.75) is 93.0 Å². The average Bonchev–Trinajstić information content (AvgIpc) is 3.46. The molecular weight excluding hydrogens is 568 g/mol. The number of nitrogens with zero attached hydrogens (tertiary/aromatic N) is 2. The average molecular weight is 611 g/mol. The minimum atomic E-state index is -0.914. The molecule has 1 N–H and O–H groups in total. The molecule has 228 valence electrons. The van der Waals surface area contributed by atoms with Gasteiger partial charge in [-0.25, -0.2) is 19.2 Å². The number of fused-ring (bicyclic) bond motifs is 2. The Morgan fingerprint density at radius 2 is 1.22 bits per heavy atom. The number of hydrogen-bond acceptors (Lipinski definition) is 9. The molecule has 0 fully saturated rings. The first-order valence-corrected chi connectivity index (χ1v) is 14.8. The van der Waals surface area contributed by atoms with Crippen LogP contribution in [-0.2, 0) is 40.1 Å². The number of thiophene rings is 2. The number of carbonyl (C=O) groups excluding carboxylic acids is 3. The molecular formula is C29H42N2O8S2. The van der Waals surface area contributed by atoms with Crippen LogP contribution in [0.25, 0.3) is 0 Å². The summed E-state index contributed by atoms with van der Waals surface area (Å²) in [6.07, 6.45) is 0.769. The van der Waals surface area contributed by atoms with E-state index in [1.54, 1.807) is 22.8 Å². The SMILES string of the molecule is C.CC(C)(C)OC(=O)N1CCc2cc(C(=O)O)sc2C1.CCOC(=O)c1cc2c(s1)CN(C(=O)OC(C)(C)C)CC2. The van der Waals surface area contributed by atoms with Crippen LogP contribution >= 0.6 is 22.7 Å². The highest BCUT2D eigenvalue weighted by Gasteiger charge is 2.29. The highest BCUT2D eigenvalue weighted by atomic mass is 32.1. The molecule has 2 aliphatic rings. The topological polar surface area (TPSA) is 123 Å². The maximum atomic E-state index is 12.1. The third-order valence-corrected chi connectivity index (χ3v) is 8.05. The summed E-state index contributed by atoms with van der Waals surface area (Å²) in [5, 5.41) is 8.97. The van der Waals surface area contributed by atoms with Gasteiger partial charge in [-0.2, -0.15) is 0 Å². The van der Waals surface area contributed by atoms with E-state index in [0.717, 1.165) is 27.3 Å². The summed E-state index contributed by atoms with van der Waals surface area (Å²) in [6.45, 7) is 15.3. The Balaban J connectivity index is 0.000000281. The van der Waals surface area contributed by atoms with Crippen molar-refractivity contribution >= 4 is 46.8 Å². The minimum absolute atomic E-state index is 0. The van der Waals surface area contributed by atoms with Crippen molar-refractivity contribution in [3.63, 3.8) is 0 Å². The van der Waals surface area contributed by atoms with Gasteiger partial charge in [-0.1, -0.05) is 7.43 Å². The van der Waals surface area contributed by atoms with Gasteiger partial charge in [0.25, 0.3) is 0 Å². The Bertz CT molecular complexity index is 1250. The zero-order chi connectivity index (χ0) is 29.8. The van der Waals surface area contributed by atoms with Gasteiger partial charge >= 0.3 is 24.1 Å². The zero-order valence-electron chi connectivity index (χ0n) is 24.1. The van der Waals surface area contributed by atoms with Crippen LogP contribution in [0, 0.1) is 0 Å². The molecule has 0 spiro atoms. The van der Waals surface area contributed by atoms with E-state index < -0.39 is 17.2 Å². The van der Waals surface area contributed by atoms with E-state index in [9.17, 15) is 19.2 Å². The number of esters is 1. The molecule has 10 nitrogen and oxygen atoms in total. The van der Waals surface area contributed by atoms with Crippen LogP contribution in [0.2, 0.25) is 0 Å². The molecule has 0 atom stereocenters. The van der Waals surface area contributed by atoms with Crippen molar-refractivity contribution in [2.75, 3.05) is 19.7 Å². The minimum Gasteiger partial charge on any atom is -0.477 e. The summed E-state index contributed by atoms with van der Waals surface area (Å²) in [4.78, 5) is 52.9. The highest BCUT2D eigenvalue weighted by molar-refractivity contribution is 7.14. The maximum Gasteiger partial charge on any atom is 0.410 e. The third-order valence-electron chi connectivity index (χ3n) is 5.76. The fourth-order valence-corrected chi connectivity index (χ4v) is 6.20. The van der Waals surface area contributed by atoms with E-state index in [4.69, 9.17) is 19.3 Å². The summed E-state index contributed by atoms with van der Waals surface area (Å²) < 4.78 is 15.7. The lowest BCUT2D eigenvalue weighted by Crippen LogP contribution is -2.39. The van der Waals surface area contributed by atoms with Gasteiger partial charge in [0.1, 0.15) is 21.0 Å². The molecule has 0 saturated heterocycles. The van der Waals surface area contributed by atoms with Gasteiger partial charge in [-0.3, -0.25) is 0 Å². The molecule has 0 unspecified atom stereocenters. The van der Waals surface area contributed by atoms with Crippen molar-refractivity contribution in [2.24, 2.45) is 0 Å². The molecule has 2 aromatic heterocycles. The van der Waals surface area contributed by atoms with Crippen LogP contribution in [-0.4, -0.2) is 69.9 Å². The van der Waals surface area contributed by atoms with E-state index in [-0.39, 0.29) is 25.6 Å². The monoisotopic (exact) mass is 610 g/mol. The summed E-state index contributed by atoms with van der Waals surface area (Å²) in [7, 11) is 0. The molecule has 12 heteroatoms. The number of carboxylic acids is 1. The fraction of sp³-hybridized carbons (Fsp3) is 0.586. The van der Waals surface area contributed by atoms with Crippen LogP contribution in [0.5, 0.6) is 0 Å². The number of amides is 2. The number of carbonyl (C=O) groups is 4. The summed E-state index contributed by atoms with van der Waals surface area (Å²) >= 11 is 2.63. The highest BCUT2D eigenvalue weighted by Crippen LogP contribution is 2.30. The van der Waals surface area contributed by atoms with Crippen LogP contribution in [0.4, 0.5) is 9.59 Å². The first-order valence-electron chi connectivity index (χ1n) is 13.2. The summed E-state index contributed by atoms with van der Waals surface area (Å²) in [5.74, 6) is -1.20. The molecule has 0 aliphatic carbocycles. The molecule has 0 radical (unpaired) electrons. The molecule has 2 aliphatic heterocycles. The lowest BCUT2D eigenvalue weighted by molar-refractivity contribution is 0.0216. The van der Waals surface area contributed by atoms with Gasteiger partial charge in [0.2, 0.25) is 0 Å². The number of hydrogen-bond donors (Lipinski definition) is 1. The second kappa shape index (κ2) is 13.7. The van der Waals surface area contributed by atoms with Gasteiger partial charge in [0.15, 0.2) is 0 Å². The lowest BCUT2D eigenvalue weighted by atomic mass is 10.1. The number of carboxylic acid groups (broad SMARTS) is 1. The predicted octanol–water partition coefficient (Wildman–Crippen LogP) is 6.59. The van der Waals surface area contributed by atoms with Crippen molar-refractivity contribution in [1.29, 1.82) is 0 Å². The zero-order valence-corrected chi connectivity index (χ0v) is 25.8. The van der Waals surface area contributed by atoms with Gasteiger partial charge in [-0.15, -0.1) is 22.7 Å². The van der Waals surface area contributed by atoms with E-state index in [0.29, 0.717) is 49.0 Å². The van der Waals surface area contributed by atoms with E-state index in [1.807, 2.05) is 47.6 Å². The predicted molar refractivity (Wildman–Crippen MR) is 159 cm³/mol. The second-order valence-corrected chi connectivity index (χ2v) is 13.7. The van der Waals surface area contributed by atoms with E-state index >= 15 is 0 Å². The van der Waals surface area contributed by atoms with Gasteiger partial charge in [0, 0.05) is 22.8 Å². The Kier molecular flexibility index (Phi) is 11.4. The van der Waals surface area contributed by atoms with Gasteiger partial charge in [-0.05, 0) is 84.6 Å². The normalized spacial score (nSPS) is 14.4. The second-order valence-electron chi connectivity index (χ2n) is 11.4. The molecule has 4 rings (SSSR count). The molecule has 0 aromatic carbocycles. The summed E-state index contributed by atoms with van der Waals surface area (Å²) in [5.41, 5.74) is 1.15. The maximum absolute atomic E-state index is 12.1. The van der Waals surface area contributed by atoms with Crippen molar-refractivity contribution in [3.05, 3.63) is 42.8 Å². The molecule has 2 amide bonds. The smallest absolute Gasteiger partial charge is 0.410 e. The summed E-state index contributed by atoms with van der Waals surface area (Å²) in [6, 6.07) is 3.58. The first-order chi connectivity index (χ1) is 18.6. The van der Waals surface area contributed by atoms with Crippen molar-refractivity contribution in [3.8, 4) is 0 Å². The van der Waals surface area contributed by atoms with Crippen LogP contribution in [0.3, 0.4) is 0 Å². The number of rotatable bonds is 3. The molecule has 4 heterocycles. The number of ether oxygens (including phenoxy) is 3. The van der Waals surface area contributed by atoms with Crippen molar-refractivity contribution < 1.29 is 38.5 Å². The van der Waals surface area contributed by atoms with Crippen LogP contribution < -0.4 is 0 Å². The Labute approximate surface area is 250 Å².